The monoisotopic (exact) mass is 233 g/mol. The van der Waals surface area contributed by atoms with Crippen molar-refractivity contribution in [2.45, 2.75) is 46.0 Å². The van der Waals surface area contributed by atoms with Gasteiger partial charge in [-0.1, -0.05) is 19.9 Å². The van der Waals surface area contributed by atoms with Crippen LogP contribution in [0.1, 0.15) is 46.0 Å². The first kappa shape index (κ1) is 11.6. The Bertz CT molecular complexity index is 288. The summed E-state index contributed by atoms with van der Waals surface area (Å²) in [4.78, 5) is 0. The molecule has 0 aliphatic heterocycles. The second-order valence-electron chi connectivity index (χ2n) is 7.04. The van der Waals surface area contributed by atoms with Crippen LogP contribution in [0.15, 0.2) is 12.3 Å². The van der Waals surface area contributed by atoms with E-state index in [0.717, 1.165) is 35.5 Å². The number of hydrogen-bond donors (Lipinski definition) is 1. The minimum Gasteiger partial charge on any atom is -0.391 e. The van der Waals surface area contributed by atoms with Gasteiger partial charge in [0.2, 0.25) is 0 Å². The summed E-state index contributed by atoms with van der Waals surface area (Å²) >= 11 is 0. The molecule has 2 bridgehead atoms. The fourth-order valence-electron chi connectivity index (χ4n) is 4.14. The van der Waals surface area contributed by atoms with Crippen LogP contribution in [0.25, 0.3) is 0 Å². The van der Waals surface area contributed by atoms with E-state index < -0.39 is 0 Å². The van der Waals surface area contributed by atoms with Crippen molar-refractivity contribution in [3.05, 3.63) is 12.3 Å². The van der Waals surface area contributed by atoms with Crippen molar-refractivity contribution >= 4 is 0 Å². The molecule has 17 heavy (non-hydrogen) atoms. The van der Waals surface area contributed by atoms with Crippen molar-refractivity contribution in [2.75, 3.05) is 6.54 Å². The molecule has 4 rings (SSSR count). The van der Waals surface area contributed by atoms with Crippen LogP contribution in [0.5, 0.6) is 0 Å². The zero-order chi connectivity index (χ0) is 11.8. The maximum Gasteiger partial charge on any atom is 0.0172 e. The van der Waals surface area contributed by atoms with Gasteiger partial charge in [0.25, 0.3) is 0 Å². The van der Waals surface area contributed by atoms with Gasteiger partial charge in [-0.05, 0) is 73.8 Å². The Morgan fingerprint density at radius 3 is 2.53 bits per heavy atom. The van der Waals surface area contributed by atoms with Crippen LogP contribution in [0.3, 0.4) is 0 Å². The molecule has 0 aromatic carbocycles. The van der Waals surface area contributed by atoms with Crippen molar-refractivity contribution in [3.8, 4) is 0 Å². The number of fused-ring (bicyclic) bond motifs is 1. The molecule has 0 radical (unpaired) electrons. The summed E-state index contributed by atoms with van der Waals surface area (Å²) in [7, 11) is 0. The van der Waals surface area contributed by atoms with Crippen molar-refractivity contribution in [3.63, 3.8) is 0 Å². The van der Waals surface area contributed by atoms with Crippen LogP contribution >= 0.6 is 0 Å². The van der Waals surface area contributed by atoms with E-state index in [1.54, 1.807) is 12.8 Å². The molecule has 0 aromatic heterocycles. The highest BCUT2D eigenvalue weighted by molar-refractivity contribution is 4.98. The van der Waals surface area contributed by atoms with E-state index in [0.29, 0.717) is 0 Å². The molecule has 4 aliphatic rings. The Morgan fingerprint density at radius 2 is 1.94 bits per heavy atom. The molecule has 4 fully saturated rings. The van der Waals surface area contributed by atoms with Gasteiger partial charge in [0.15, 0.2) is 0 Å². The van der Waals surface area contributed by atoms with Crippen LogP contribution in [0.4, 0.5) is 0 Å². The molecule has 96 valence electrons. The summed E-state index contributed by atoms with van der Waals surface area (Å²) in [6.07, 6.45) is 12.0. The SMILES string of the molecule is CC(C)C1CC1CN/C=C\CC1CC2CC1C2. The van der Waals surface area contributed by atoms with Crippen LogP contribution in [0, 0.1) is 35.5 Å². The molecule has 1 N–H and O–H groups in total. The highest BCUT2D eigenvalue weighted by Crippen LogP contribution is 2.53. The fourth-order valence-corrected chi connectivity index (χ4v) is 4.14. The Hall–Kier alpha value is -0.460. The predicted molar refractivity (Wildman–Crippen MR) is 72.5 cm³/mol. The van der Waals surface area contributed by atoms with Gasteiger partial charge in [0.05, 0.1) is 0 Å². The average Bonchev–Trinajstić information content (AvgIpc) is 2.75. The normalized spacial score (nSPS) is 43.1. The summed E-state index contributed by atoms with van der Waals surface area (Å²) in [5.41, 5.74) is 0. The Kier molecular flexibility index (Phi) is 3.19. The minimum atomic E-state index is 0.885. The maximum absolute atomic E-state index is 3.50. The standard InChI is InChI=1S/C16H27N/c1-11(2)16-9-15(16)10-17-5-3-4-13-6-12-7-14(13)8-12/h3,5,11-17H,4,6-10H2,1-2H3/b5-3-. The average molecular weight is 233 g/mol. The summed E-state index contributed by atoms with van der Waals surface area (Å²) in [6, 6.07) is 0. The zero-order valence-electron chi connectivity index (χ0n) is 11.4. The molecule has 1 heteroatoms. The second kappa shape index (κ2) is 4.66. The Morgan fingerprint density at radius 1 is 1.12 bits per heavy atom. The molecule has 3 atom stereocenters. The lowest BCUT2D eigenvalue weighted by Crippen LogP contribution is -2.14. The predicted octanol–water partition coefficient (Wildman–Crippen LogP) is 3.82. The number of rotatable bonds is 6. The van der Waals surface area contributed by atoms with Crippen LogP contribution in [-0.2, 0) is 0 Å². The van der Waals surface area contributed by atoms with Gasteiger partial charge in [-0.25, -0.2) is 0 Å². The van der Waals surface area contributed by atoms with E-state index in [1.165, 1.54) is 25.8 Å². The molecule has 0 saturated heterocycles. The van der Waals surface area contributed by atoms with Gasteiger partial charge >= 0.3 is 0 Å². The van der Waals surface area contributed by atoms with Gasteiger partial charge in [-0.15, -0.1) is 0 Å². The van der Waals surface area contributed by atoms with Crippen LogP contribution in [0.2, 0.25) is 0 Å². The quantitative estimate of drug-likeness (QED) is 0.735. The summed E-state index contributed by atoms with van der Waals surface area (Å²) in [5, 5.41) is 3.50. The summed E-state index contributed by atoms with van der Waals surface area (Å²) < 4.78 is 0. The third kappa shape index (κ3) is 2.53. The van der Waals surface area contributed by atoms with Gasteiger partial charge in [0.1, 0.15) is 0 Å². The first-order chi connectivity index (χ1) is 8.24. The topological polar surface area (TPSA) is 12.0 Å². The van der Waals surface area contributed by atoms with Gasteiger partial charge < -0.3 is 5.32 Å². The molecular formula is C16H27N. The van der Waals surface area contributed by atoms with Crippen molar-refractivity contribution in [1.29, 1.82) is 0 Å². The first-order valence-corrected chi connectivity index (χ1v) is 7.62. The van der Waals surface area contributed by atoms with E-state index in [9.17, 15) is 0 Å². The second-order valence-corrected chi connectivity index (χ2v) is 7.04. The minimum absolute atomic E-state index is 0.885. The number of nitrogens with one attached hydrogen (secondary N) is 1. The van der Waals surface area contributed by atoms with E-state index in [1.807, 2.05) is 0 Å². The van der Waals surface area contributed by atoms with E-state index in [2.05, 4.69) is 31.4 Å². The van der Waals surface area contributed by atoms with E-state index in [-0.39, 0.29) is 0 Å². The fraction of sp³-hybridized carbons (Fsp3) is 0.875. The zero-order valence-corrected chi connectivity index (χ0v) is 11.4. The van der Waals surface area contributed by atoms with Crippen molar-refractivity contribution in [2.24, 2.45) is 35.5 Å². The highest BCUT2D eigenvalue weighted by atomic mass is 14.8. The molecule has 4 aliphatic carbocycles. The molecule has 0 aromatic rings. The largest absolute Gasteiger partial charge is 0.391 e. The molecule has 0 heterocycles. The molecule has 0 spiro atoms. The number of allylic oxidation sites excluding steroid dienone is 1. The molecule has 0 amide bonds. The number of hydrogen-bond acceptors (Lipinski definition) is 1. The summed E-state index contributed by atoms with van der Waals surface area (Å²) in [6.45, 7) is 5.91. The van der Waals surface area contributed by atoms with E-state index >= 15 is 0 Å². The Balaban J connectivity index is 1.27. The van der Waals surface area contributed by atoms with Gasteiger partial charge in [-0.3, -0.25) is 0 Å². The van der Waals surface area contributed by atoms with Crippen molar-refractivity contribution < 1.29 is 0 Å². The molecule has 3 unspecified atom stereocenters. The summed E-state index contributed by atoms with van der Waals surface area (Å²) in [5.74, 6) is 6.08. The molecular weight excluding hydrogens is 206 g/mol. The molecule has 4 saturated carbocycles. The van der Waals surface area contributed by atoms with Gasteiger partial charge in [0, 0.05) is 6.54 Å². The molecule has 1 nitrogen and oxygen atoms in total. The lowest BCUT2D eigenvalue weighted by atomic mass is 9.82. The first-order valence-electron chi connectivity index (χ1n) is 7.62. The van der Waals surface area contributed by atoms with E-state index in [4.69, 9.17) is 0 Å². The highest BCUT2D eigenvalue weighted by Gasteiger charge is 2.43. The smallest absolute Gasteiger partial charge is 0.0172 e. The van der Waals surface area contributed by atoms with Crippen LogP contribution < -0.4 is 5.32 Å². The van der Waals surface area contributed by atoms with Crippen molar-refractivity contribution in [1.82, 2.24) is 5.32 Å². The lowest BCUT2D eigenvalue weighted by Gasteiger charge is -2.24. The van der Waals surface area contributed by atoms with Crippen LogP contribution in [-0.4, -0.2) is 6.54 Å². The Labute approximate surface area is 106 Å². The third-order valence-electron chi connectivity index (χ3n) is 5.46. The maximum atomic E-state index is 3.50. The van der Waals surface area contributed by atoms with Gasteiger partial charge in [-0.2, -0.15) is 0 Å². The third-order valence-corrected chi connectivity index (χ3v) is 5.46. The lowest BCUT2D eigenvalue weighted by molar-refractivity contribution is 0.275.